The third-order valence-electron chi connectivity index (χ3n) is 3.06. The summed E-state index contributed by atoms with van der Waals surface area (Å²) in [5.41, 5.74) is 0.639. The fourth-order valence-corrected chi connectivity index (χ4v) is 1.99. The predicted molar refractivity (Wildman–Crippen MR) is 74.0 cm³/mol. The van der Waals surface area contributed by atoms with E-state index in [4.69, 9.17) is 0 Å². The summed E-state index contributed by atoms with van der Waals surface area (Å²) < 4.78 is 0. The van der Waals surface area contributed by atoms with Gasteiger partial charge in [-0.15, -0.1) is 13.2 Å². The lowest BCUT2D eigenvalue weighted by atomic mass is 9.87. The number of allylic oxidation sites excluding steroid dienone is 1. The van der Waals surface area contributed by atoms with E-state index < -0.39 is 5.60 Å². The van der Waals surface area contributed by atoms with Gasteiger partial charge in [-0.05, 0) is 37.7 Å². The first kappa shape index (κ1) is 13.7. The van der Waals surface area contributed by atoms with E-state index in [0.717, 1.165) is 25.7 Å². The molecule has 1 aromatic rings. The van der Waals surface area contributed by atoms with Crippen molar-refractivity contribution in [1.82, 2.24) is 0 Å². The van der Waals surface area contributed by atoms with Gasteiger partial charge >= 0.3 is 0 Å². The standard InChI is InChI=1S/C16H22O/c1-3-5-13-16(17,12-4-2)14-11-15-9-7-6-8-10-15/h3-4,6-10,17H,1-2,5,11-14H2. The molecule has 1 heteroatoms. The molecule has 1 nitrogen and oxygen atoms in total. The van der Waals surface area contributed by atoms with Crippen LogP contribution in [0.3, 0.4) is 0 Å². The first-order valence-corrected chi connectivity index (χ1v) is 6.18. The average molecular weight is 230 g/mol. The summed E-state index contributed by atoms with van der Waals surface area (Å²) in [6.45, 7) is 7.43. The largest absolute Gasteiger partial charge is 0.390 e. The van der Waals surface area contributed by atoms with E-state index in [1.807, 2.05) is 24.3 Å². The van der Waals surface area contributed by atoms with Crippen LogP contribution in [0.1, 0.15) is 31.2 Å². The molecule has 0 bridgehead atoms. The lowest BCUT2D eigenvalue weighted by Crippen LogP contribution is -2.28. The van der Waals surface area contributed by atoms with Crippen LogP contribution in [0, 0.1) is 0 Å². The van der Waals surface area contributed by atoms with E-state index in [1.165, 1.54) is 5.56 Å². The van der Waals surface area contributed by atoms with Gasteiger partial charge in [0, 0.05) is 0 Å². The van der Waals surface area contributed by atoms with Crippen LogP contribution in [0.15, 0.2) is 55.6 Å². The van der Waals surface area contributed by atoms with Crippen molar-refractivity contribution in [3.63, 3.8) is 0 Å². The molecule has 1 aromatic carbocycles. The van der Waals surface area contributed by atoms with Crippen LogP contribution in [0.5, 0.6) is 0 Å². The summed E-state index contributed by atoms with van der Waals surface area (Å²) in [6.07, 6.45) is 7.59. The third kappa shape index (κ3) is 5.01. The second-order valence-electron chi connectivity index (χ2n) is 4.53. The minimum absolute atomic E-state index is 0.633. The van der Waals surface area contributed by atoms with Crippen molar-refractivity contribution in [3.05, 3.63) is 61.2 Å². The van der Waals surface area contributed by atoms with Gasteiger partial charge in [0.1, 0.15) is 0 Å². The lowest BCUT2D eigenvalue weighted by Gasteiger charge is -2.26. The van der Waals surface area contributed by atoms with Crippen LogP contribution in [0.4, 0.5) is 0 Å². The van der Waals surface area contributed by atoms with Gasteiger partial charge in [0.2, 0.25) is 0 Å². The van der Waals surface area contributed by atoms with E-state index in [9.17, 15) is 5.11 Å². The van der Waals surface area contributed by atoms with Gasteiger partial charge in [0.05, 0.1) is 5.60 Å². The molecule has 0 saturated carbocycles. The Morgan fingerprint density at radius 3 is 2.35 bits per heavy atom. The molecule has 0 aromatic heterocycles. The maximum Gasteiger partial charge on any atom is 0.0688 e. The molecule has 1 unspecified atom stereocenters. The lowest BCUT2D eigenvalue weighted by molar-refractivity contribution is 0.0269. The van der Waals surface area contributed by atoms with Gasteiger partial charge in [-0.2, -0.15) is 0 Å². The molecule has 0 saturated heterocycles. The summed E-state index contributed by atoms with van der Waals surface area (Å²) >= 11 is 0. The highest BCUT2D eigenvalue weighted by Crippen LogP contribution is 2.24. The molecule has 1 rings (SSSR count). The molecular weight excluding hydrogens is 208 g/mol. The summed E-state index contributed by atoms with van der Waals surface area (Å²) in [6, 6.07) is 10.3. The molecule has 0 radical (unpaired) electrons. The molecule has 92 valence electrons. The first-order chi connectivity index (χ1) is 8.20. The highest BCUT2D eigenvalue weighted by molar-refractivity contribution is 5.15. The zero-order valence-corrected chi connectivity index (χ0v) is 10.4. The summed E-state index contributed by atoms with van der Waals surface area (Å²) in [7, 11) is 0. The van der Waals surface area contributed by atoms with Gasteiger partial charge in [-0.3, -0.25) is 0 Å². The smallest absolute Gasteiger partial charge is 0.0688 e. The number of rotatable bonds is 8. The highest BCUT2D eigenvalue weighted by Gasteiger charge is 2.23. The highest BCUT2D eigenvalue weighted by atomic mass is 16.3. The second kappa shape index (κ2) is 7.08. The Balaban J connectivity index is 2.54. The Labute approximate surface area is 104 Å². The maximum atomic E-state index is 10.5. The topological polar surface area (TPSA) is 20.2 Å². The van der Waals surface area contributed by atoms with E-state index in [1.54, 1.807) is 6.08 Å². The molecule has 1 N–H and O–H groups in total. The number of aliphatic hydroxyl groups is 1. The molecule has 0 fully saturated rings. The molecule has 0 aliphatic carbocycles. The predicted octanol–water partition coefficient (Wildman–Crippen LogP) is 3.89. The molecular formula is C16H22O. The van der Waals surface area contributed by atoms with E-state index in [-0.39, 0.29) is 0 Å². The molecule has 17 heavy (non-hydrogen) atoms. The number of hydrogen-bond acceptors (Lipinski definition) is 1. The van der Waals surface area contributed by atoms with Crippen molar-refractivity contribution in [2.24, 2.45) is 0 Å². The van der Waals surface area contributed by atoms with Crippen molar-refractivity contribution in [1.29, 1.82) is 0 Å². The van der Waals surface area contributed by atoms with Crippen LogP contribution in [-0.2, 0) is 6.42 Å². The SMILES string of the molecule is C=CCCC(O)(CC=C)CCc1ccccc1. The maximum absolute atomic E-state index is 10.5. The Hall–Kier alpha value is -1.34. The van der Waals surface area contributed by atoms with Gasteiger partial charge < -0.3 is 5.11 Å². The monoisotopic (exact) mass is 230 g/mol. The molecule has 0 aliphatic heterocycles. The normalized spacial score (nSPS) is 13.9. The Kier molecular flexibility index (Phi) is 5.71. The Bertz CT molecular complexity index is 342. The quantitative estimate of drug-likeness (QED) is 0.672. The Morgan fingerprint density at radius 2 is 1.76 bits per heavy atom. The van der Waals surface area contributed by atoms with Crippen LogP contribution in [-0.4, -0.2) is 10.7 Å². The molecule has 0 amide bonds. The minimum Gasteiger partial charge on any atom is -0.390 e. The molecule has 1 atom stereocenters. The van der Waals surface area contributed by atoms with Crippen molar-refractivity contribution in [3.8, 4) is 0 Å². The van der Waals surface area contributed by atoms with Gasteiger partial charge in [-0.1, -0.05) is 42.5 Å². The number of benzene rings is 1. The van der Waals surface area contributed by atoms with Crippen LogP contribution >= 0.6 is 0 Å². The van der Waals surface area contributed by atoms with E-state index >= 15 is 0 Å². The third-order valence-corrected chi connectivity index (χ3v) is 3.06. The Morgan fingerprint density at radius 1 is 1.06 bits per heavy atom. The molecule has 0 spiro atoms. The van der Waals surface area contributed by atoms with Crippen LogP contribution < -0.4 is 0 Å². The van der Waals surface area contributed by atoms with Gasteiger partial charge in [-0.25, -0.2) is 0 Å². The van der Waals surface area contributed by atoms with E-state index in [2.05, 4.69) is 25.3 Å². The summed E-state index contributed by atoms with van der Waals surface area (Å²) in [5, 5.41) is 10.5. The average Bonchev–Trinajstić information content (AvgIpc) is 2.36. The van der Waals surface area contributed by atoms with Gasteiger partial charge in [0.25, 0.3) is 0 Å². The molecule has 0 heterocycles. The second-order valence-corrected chi connectivity index (χ2v) is 4.53. The zero-order valence-electron chi connectivity index (χ0n) is 10.4. The van der Waals surface area contributed by atoms with Crippen molar-refractivity contribution < 1.29 is 5.11 Å². The number of hydrogen-bond donors (Lipinski definition) is 1. The molecule has 0 aliphatic rings. The number of aryl methyl sites for hydroxylation is 1. The first-order valence-electron chi connectivity index (χ1n) is 6.18. The fraction of sp³-hybridized carbons (Fsp3) is 0.375. The van der Waals surface area contributed by atoms with Crippen molar-refractivity contribution in [2.75, 3.05) is 0 Å². The van der Waals surface area contributed by atoms with Crippen molar-refractivity contribution in [2.45, 2.75) is 37.7 Å². The van der Waals surface area contributed by atoms with Crippen molar-refractivity contribution >= 4 is 0 Å². The zero-order chi connectivity index (χ0) is 12.6. The minimum atomic E-state index is -0.633. The van der Waals surface area contributed by atoms with Crippen LogP contribution in [0.2, 0.25) is 0 Å². The summed E-state index contributed by atoms with van der Waals surface area (Å²) in [4.78, 5) is 0. The van der Waals surface area contributed by atoms with E-state index in [0.29, 0.717) is 6.42 Å². The fourth-order valence-electron chi connectivity index (χ4n) is 1.99. The summed E-state index contributed by atoms with van der Waals surface area (Å²) in [5.74, 6) is 0. The van der Waals surface area contributed by atoms with Gasteiger partial charge in [0.15, 0.2) is 0 Å². The van der Waals surface area contributed by atoms with Crippen LogP contribution in [0.25, 0.3) is 0 Å².